The molecule has 0 amide bonds. The summed E-state index contributed by atoms with van der Waals surface area (Å²) in [5, 5.41) is 18.4. The molecule has 0 N–H and O–H groups in total. The fraction of sp³-hybridized carbons (Fsp3) is 0.263. The molecule has 0 atom stereocenters. The van der Waals surface area contributed by atoms with E-state index >= 15 is 0 Å². The molecule has 1 aliphatic heterocycles. The fourth-order valence-electron chi connectivity index (χ4n) is 3.10. The van der Waals surface area contributed by atoms with E-state index in [1.165, 1.54) is 4.80 Å². The predicted molar refractivity (Wildman–Crippen MR) is 101 cm³/mol. The molecule has 1 saturated heterocycles. The Morgan fingerprint density at radius 2 is 1.70 bits per heavy atom. The molecule has 3 aromatic rings. The summed E-state index contributed by atoms with van der Waals surface area (Å²) >= 11 is 0. The lowest BCUT2D eigenvalue weighted by atomic mass is 10.3. The Balaban J connectivity index is 1.52. The van der Waals surface area contributed by atoms with Gasteiger partial charge in [0.15, 0.2) is 5.82 Å². The highest BCUT2D eigenvalue weighted by Gasteiger charge is 2.24. The molecule has 0 bridgehead atoms. The van der Waals surface area contributed by atoms with Gasteiger partial charge in [-0.05, 0) is 36.4 Å². The zero-order valence-electron chi connectivity index (χ0n) is 15.0. The Bertz CT molecular complexity index is 938. The first-order valence-corrected chi connectivity index (χ1v) is 8.71. The molecule has 8 nitrogen and oxygen atoms in total. The maximum atomic E-state index is 9.49. The maximum absolute atomic E-state index is 9.49. The minimum atomic E-state index is 0.331. The summed E-state index contributed by atoms with van der Waals surface area (Å²) < 4.78 is 5.18. The first-order valence-electron chi connectivity index (χ1n) is 8.71. The summed E-state index contributed by atoms with van der Waals surface area (Å²) in [7, 11) is 1.62. The third kappa shape index (κ3) is 3.40. The highest BCUT2D eigenvalue weighted by molar-refractivity contribution is 5.52. The van der Waals surface area contributed by atoms with Gasteiger partial charge in [-0.1, -0.05) is 6.07 Å². The molecule has 1 aromatic carbocycles. The number of hydrogen-bond donors (Lipinski definition) is 0. The van der Waals surface area contributed by atoms with E-state index in [-0.39, 0.29) is 0 Å². The molecule has 0 aliphatic carbocycles. The highest BCUT2D eigenvalue weighted by atomic mass is 16.5. The normalized spacial score (nSPS) is 14.1. The average molecular weight is 361 g/mol. The Hall–Kier alpha value is -3.60. The second-order valence-electron chi connectivity index (χ2n) is 6.13. The predicted octanol–water partition coefficient (Wildman–Crippen LogP) is 1.87. The van der Waals surface area contributed by atoms with E-state index in [9.17, 15) is 5.26 Å². The lowest BCUT2D eigenvalue weighted by molar-refractivity contribution is 0.414. The van der Waals surface area contributed by atoms with Crippen molar-refractivity contribution >= 4 is 11.6 Å². The number of nitrogens with zero attached hydrogens (tertiary/aromatic N) is 7. The van der Waals surface area contributed by atoms with E-state index in [0.717, 1.165) is 43.4 Å². The summed E-state index contributed by atoms with van der Waals surface area (Å²) in [5.74, 6) is 2.35. The second-order valence-corrected chi connectivity index (χ2v) is 6.13. The minimum Gasteiger partial charge on any atom is -0.497 e. The molecule has 136 valence electrons. The van der Waals surface area contributed by atoms with Crippen molar-refractivity contribution in [3.63, 3.8) is 0 Å². The van der Waals surface area contributed by atoms with E-state index in [0.29, 0.717) is 11.5 Å². The van der Waals surface area contributed by atoms with Gasteiger partial charge in [0.25, 0.3) is 0 Å². The Kier molecular flexibility index (Phi) is 4.58. The maximum Gasteiger partial charge on any atom is 0.207 e. The van der Waals surface area contributed by atoms with Crippen LogP contribution < -0.4 is 14.5 Å². The number of pyridine rings is 1. The van der Waals surface area contributed by atoms with Crippen LogP contribution in [0.3, 0.4) is 0 Å². The van der Waals surface area contributed by atoms with Gasteiger partial charge in [-0.2, -0.15) is 5.26 Å². The van der Waals surface area contributed by atoms with E-state index in [2.05, 4.69) is 31.1 Å². The van der Waals surface area contributed by atoms with Crippen molar-refractivity contribution in [3.05, 3.63) is 54.4 Å². The van der Waals surface area contributed by atoms with E-state index in [1.54, 1.807) is 13.3 Å². The van der Waals surface area contributed by atoms with Gasteiger partial charge in [-0.15, -0.1) is 15.0 Å². The van der Waals surface area contributed by atoms with Crippen LogP contribution in [0.5, 0.6) is 5.75 Å². The molecular weight excluding hydrogens is 342 g/mol. The van der Waals surface area contributed by atoms with Crippen LogP contribution in [0.25, 0.3) is 5.69 Å². The largest absolute Gasteiger partial charge is 0.497 e. The Labute approximate surface area is 157 Å². The standard InChI is InChI=1S/C19H19N7O/c1-27-16-7-5-15(6-8-16)26-22-17(14-20)19(23-26)25-12-10-24(11-13-25)18-4-2-3-9-21-18/h2-9H,10-13H2,1H3. The fourth-order valence-corrected chi connectivity index (χ4v) is 3.10. The van der Waals surface area contributed by atoms with Crippen LogP contribution in [-0.2, 0) is 0 Å². The Morgan fingerprint density at radius 3 is 2.33 bits per heavy atom. The molecular formula is C19H19N7O. The molecule has 2 aromatic heterocycles. The summed E-state index contributed by atoms with van der Waals surface area (Å²) in [5.41, 5.74) is 1.11. The van der Waals surface area contributed by atoms with Crippen LogP contribution in [0.15, 0.2) is 48.7 Å². The number of anilines is 2. The zero-order valence-corrected chi connectivity index (χ0v) is 15.0. The lowest BCUT2D eigenvalue weighted by Crippen LogP contribution is -2.47. The van der Waals surface area contributed by atoms with Crippen LogP contribution in [0.2, 0.25) is 0 Å². The van der Waals surface area contributed by atoms with Crippen LogP contribution in [0, 0.1) is 11.3 Å². The molecule has 0 radical (unpaired) electrons. The summed E-state index contributed by atoms with van der Waals surface area (Å²) in [4.78, 5) is 10.2. The van der Waals surface area contributed by atoms with Crippen molar-refractivity contribution in [2.45, 2.75) is 0 Å². The van der Waals surface area contributed by atoms with Crippen LogP contribution in [0.4, 0.5) is 11.6 Å². The SMILES string of the molecule is COc1ccc(-n2nc(C#N)c(N3CCN(c4ccccn4)CC3)n2)cc1. The Morgan fingerprint density at radius 1 is 0.963 bits per heavy atom. The third-order valence-corrected chi connectivity index (χ3v) is 4.56. The molecule has 27 heavy (non-hydrogen) atoms. The van der Waals surface area contributed by atoms with Crippen LogP contribution in [-0.4, -0.2) is 53.3 Å². The molecule has 1 fully saturated rings. The first kappa shape index (κ1) is 16.8. The van der Waals surface area contributed by atoms with Crippen molar-refractivity contribution in [3.8, 4) is 17.5 Å². The summed E-state index contributed by atoms with van der Waals surface area (Å²) in [6, 6.07) is 15.5. The van der Waals surface area contributed by atoms with Crippen molar-refractivity contribution in [2.24, 2.45) is 0 Å². The number of ether oxygens (including phenoxy) is 1. The zero-order chi connectivity index (χ0) is 18.6. The highest BCUT2D eigenvalue weighted by Crippen LogP contribution is 2.21. The average Bonchev–Trinajstić information content (AvgIpc) is 3.19. The second kappa shape index (κ2) is 7.33. The molecule has 3 heterocycles. The molecule has 8 heteroatoms. The van der Waals surface area contributed by atoms with Crippen molar-refractivity contribution in [2.75, 3.05) is 43.1 Å². The monoisotopic (exact) mass is 361 g/mol. The number of methoxy groups -OCH3 is 1. The molecule has 0 spiro atoms. The molecule has 0 unspecified atom stereocenters. The summed E-state index contributed by atoms with van der Waals surface area (Å²) in [6.07, 6.45) is 1.80. The van der Waals surface area contributed by atoms with E-state index in [4.69, 9.17) is 4.74 Å². The van der Waals surface area contributed by atoms with Gasteiger partial charge in [0.1, 0.15) is 17.6 Å². The van der Waals surface area contributed by atoms with E-state index < -0.39 is 0 Å². The van der Waals surface area contributed by atoms with E-state index in [1.807, 2.05) is 42.5 Å². The molecule has 4 rings (SSSR count). The smallest absolute Gasteiger partial charge is 0.207 e. The van der Waals surface area contributed by atoms with Gasteiger partial charge in [0.2, 0.25) is 5.69 Å². The van der Waals surface area contributed by atoms with Crippen LogP contribution in [0.1, 0.15) is 5.69 Å². The van der Waals surface area contributed by atoms with Gasteiger partial charge in [-0.3, -0.25) is 0 Å². The minimum absolute atomic E-state index is 0.331. The van der Waals surface area contributed by atoms with Crippen molar-refractivity contribution in [1.82, 2.24) is 20.0 Å². The van der Waals surface area contributed by atoms with Crippen molar-refractivity contribution < 1.29 is 4.74 Å². The van der Waals surface area contributed by atoms with Crippen LogP contribution >= 0.6 is 0 Å². The number of rotatable bonds is 4. The first-order chi connectivity index (χ1) is 13.3. The van der Waals surface area contributed by atoms with Gasteiger partial charge >= 0.3 is 0 Å². The number of hydrogen-bond acceptors (Lipinski definition) is 7. The lowest BCUT2D eigenvalue weighted by Gasteiger charge is -2.35. The van der Waals surface area contributed by atoms with Gasteiger partial charge in [-0.25, -0.2) is 4.98 Å². The van der Waals surface area contributed by atoms with Gasteiger partial charge < -0.3 is 14.5 Å². The summed E-state index contributed by atoms with van der Waals surface area (Å²) in [6.45, 7) is 3.15. The van der Waals surface area contributed by atoms with Gasteiger partial charge in [0.05, 0.1) is 12.8 Å². The van der Waals surface area contributed by atoms with Crippen molar-refractivity contribution in [1.29, 1.82) is 5.26 Å². The topological polar surface area (TPSA) is 83.1 Å². The number of benzene rings is 1. The third-order valence-electron chi connectivity index (χ3n) is 4.56. The van der Waals surface area contributed by atoms with Gasteiger partial charge in [0, 0.05) is 32.4 Å². The number of piperazine rings is 1. The number of aromatic nitrogens is 4. The molecule has 0 saturated carbocycles. The quantitative estimate of drug-likeness (QED) is 0.701. The molecule has 1 aliphatic rings. The number of nitriles is 1.